The summed E-state index contributed by atoms with van der Waals surface area (Å²) in [6.45, 7) is 22.0. The van der Waals surface area contributed by atoms with E-state index < -0.39 is 76.9 Å². The Morgan fingerprint density at radius 3 is 1.25 bits per heavy atom. The van der Waals surface area contributed by atoms with Crippen molar-refractivity contribution in [2.75, 3.05) is 41.3 Å². The molecule has 5 amide bonds. The van der Waals surface area contributed by atoms with E-state index in [9.17, 15) is 24.0 Å². The molecule has 326 valence electrons. The van der Waals surface area contributed by atoms with Gasteiger partial charge in [0.05, 0.1) is 29.7 Å². The summed E-state index contributed by atoms with van der Waals surface area (Å²) < 4.78 is 22.1. The van der Waals surface area contributed by atoms with Crippen LogP contribution in [-0.2, 0) is 18.9 Å². The fourth-order valence-electron chi connectivity index (χ4n) is 6.52. The Labute approximate surface area is 347 Å². The highest BCUT2D eigenvalue weighted by molar-refractivity contribution is 6.08. The van der Waals surface area contributed by atoms with Crippen molar-refractivity contribution >= 4 is 47.6 Å². The molecule has 0 spiro atoms. The maximum Gasteiger partial charge on any atom is 0.407 e. The molecule has 0 radical (unpaired) electrons. The molecule has 4 unspecified atom stereocenters. The van der Waals surface area contributed by atoms with Crippen LogP contribution >= 0.6 is 0 Å². The van der Waals surface area contributed by atoms with E-state index in [4.69, 9.17) is 18.9 Å². The molecule has 3 heterocycles. The standard InChI is InChI=1S/C41H63N9O9/c1-38(2,3)56-34(52)43-26-18-27(44-35(53)57-39(4,5)6)22-49(21-26)31-20-30(33(51)42-25-16-14-13-15-17-25)32(48-47-31)50-23-28(45-36(54)58-40(7,8)9)19-29(24-50)46-37(55)59-41(10,11)12/h13-17,20,26-29H,18-19,21-24H2,1-12H3,(H,42,51)(H,43,52)(H,44,53)(H,45,54)(H,46,55). The van der Waals surface area contributed by atoms with E-state index in [-0.39, 0.29) is 37.6 Å². The average Bonchev–Trinajstić information content (AvgIpc) is 3.04. The molecule has 4 rings (SSSR count). The van der Waals surface area contributed by atoms with Gasteiger partial charge in [0, 0.05) is 31.9 Å². The number of carbonyl (C=O) groups is 5. The normalized spacial score (nSPS) is 20.1. The molecule has 4 atom stereocenters. The van der Waals surface area contributed by atoms with Gasteiger partial charge in [0.2, 0.25) is 0 Å². The monoisotopic (exact) mass is 825 g/mol. The number of carbonyl (C=O) groups excluding carboxylic acids is 5. The highest BCUT2D eigenvalue weighted by Crippen LogP contribution is 2.28. The van der Waals surface area contributed by atoms with Crippen LogP contribution in [0.5, 0.6) is 0 Å². The number of amides is 5. The number of piperidine rings is 2. The number of rotatable bonds is 8. The first kappa shape index (κ1) is 46.1. The molecule has 59 heavy (non-hydrogen) atoms. The first-order valence-electron chi connectivity index (χ1n) is 19.9. The lowest BCUT2D eigenvalue weighted by atomic mass is 9.99. The summed E-state index contributed by atoms with van der Waals surface area (Å²) in [5.41, 5.74) is -2.32. The smallest absolute Gasteiger partial charge is 0.407 e. The van der Waals surface area contributed by atoms with Crippen molar-refractivity contribution in [2.45, 2.75) is 142 Å². The zero-order chi connectivity index (χ0) is 43.9. The number of nitrogens with zero attached hydrogens (tertiary/aromatic N) is 4. The first-order valence-corrected chi connectivity index (χ1v) is 19.9. The summed E-state index contributed by atoms with van der Waals surface area (Å²) in [5, 5.41) is 23.8. The Balaban J connectivity index is 1.73. The van der Waals surface area contributed by atoms with Crippen molar-refractivity contribution in [3.05, 3.63) is 42.0 Å². The molecule has 0 aliphatic carbocycles. The molecular formula is C41H63N9O9. The lowest BCUT2D eigenvalue weighted by Gasteiger charge is -2.40. The lowest BCUT2D eigenvalue weighted by Crippen LogP contribution is -2.58. The third kappa shape index (κ3) is 16.0. The molecule has 18 nitrogen and oxygen atoms in total. The fourth-order valence-corrected chi connectivity index (χ4v) is 6.52. The second kappa shape index (κ2) is 18.6. The number of aromatic nitrogens is 2. The van der Waals surface area contributed by atoms with Crippen molar-refractivity contribution < 1.29 is 42.9 Å². The van der Waals surface area contributed by atoms with Gasteiger partial charge in [-0.3, -0.25) is 4.79 Å². The van der Waals surface area contributed by atoms with E-state index in [1.165, 1.54) is 0 Å². The summed E-state index contributed by atoms with van der Waals surface area (Å²) in [5.74, 6) is -0.00895. The highest BCUT2D eigenvalue weighted by atomic mass is 16.6. The third-order valence-electron chi connectivity index (χ3n) is 8.45. The third-order valence-corrected chi connectivity index (χ3v) is 8.45. The van der Waals surface area contributed by atoms with Crippen molar-refractivity contribution in [3.8, 4) is 0 Å². The summed E-state index contributed by atoms with van der Waals surface area (Å²) >= 11 is 0. The van der Waals surface area contributed by atoms with Crippen LogP contribution in [0.15, 0.2) is 36.4 Å². The predicted molar refractivity (Wildman–Crippen MR) is 223 cm³/mol. The summed E-state index contributed by atoms with van der Waals surface area (Å²) in [6, 6.07) is 8.39. The second-order valence-corrected chi connectivity index (χ2v) is 18.9. The number of para-hydroxylation sites is 1. The van der Waals surface area contributed by atoms with Crippen LogP contribution in [0.2, 0.25) is 0 Å². The van der Waals surface area contributed by atoms with Gasteiger partial charge in [0.25, 0.3) is 5.91 Å². The van der Waals surface area contributed by atoms with Gasteiger partial charge in [-0.15, -0.1) is 10.2 Å². The van der Waals surface area contributed by atoms with Gasteiger partial charge in [-0.2, -0.15) is 0 Å². The van der Waals surface area contributed by atoms with Crippen LogP contribution < -0.4 is 36.4 Å². The summed E-state index contributed by atoms with van der Waals surface area (Å²) in [7, 11) is 0. The van der Waals surface area contributed by atoms with Gasteiger partial charge < -0.3 is 55.3 Å². The maximum absolute atomic E-state index is 14.3. The number of anilines is 3. The van der Waals surface area contributed by atoms with Gasteiger partial charge in [0.15, 0.2) is 11.6 Å². The predicted octanol–water partition coefficient (Wildman–Crippen LogP) is 5.72. The van der Waals surface area contributed by atoms with Crippen molar-refractivity contribution in [1.82, 2.24) is 31.5 Å². The molecule has 2 fully saturated rings. The van der Waals surface area contributed by atoms with Gasteiger partial charge in [-0.25, -0.2) is 19.2 Å². The van der Waals surface area contributed by atoms with E-state index in [0.717, 1.165) is 0 Å². The van der Waals surface area contributed by atoms with Gasteiger partial charge in [0.1, 0.15) is 22.4 Å². The van der Waals surface area contributed by atoms with Crippen LogP contribution in [0.25, 0.3) is 0 Å². The van der Waals surface area contributed by atoms with E-state index in [2.05, 4.69) is 36.8 Å². The Morgan fingerprint density at radius 2 is 0.898 bits per heavy atom. The molecule has 18 heteroatoms. The average molecular weight is 826 g/mol. The van der Waals surface area contributed by atoms with E-state index in [1.54, 1.807) is 118 Å². The number of alkyl carbamates (subject to hydrolysis) is 4. The molecule has 5 N–H and O–H groups in total. The van der Waals surface area contributed by atoms with Crippen LogP contribution in [0.3, 0.4) is 0 Å². The number of hydrogen-bond acceptors (Lipinski definition) is 13. The van der Waals surface area contributed by atoms with Gasteiger partial charge in [-0.05, 0) is 114 Å². The van der Waals surface area contributed by atoms with Crippen molar-refractivity contribution in [1.29, 1.82) is 0 Å². The van der Waals surface area contributed by atoms with Crippen LogP contribution in [0.4, 0.5) is 36.5 Å². The van der Waals surface area contributed by atoms with E-state index >= 15 is 0 Å². The topological polar surface area (TPSA) is 215 Å². The van der Waals surface area contributed by atoms with Gasteiger partial charge >= 0.3 is 24.4 Å². The van der Waals surface area contributed by atoms with E-state index in [0.29, 0.717) is 24.3 Å². The minimum Gasteiger partial charge on any atom is -0.444 e. The number of hydrogen-bond donors (Lipinski definition) is 5. The number of ether oxygens (including phenoxy) is 4. The lowest BCUT2D eigenvalue weighted by molar-refractivity contribution is 0.0452. The van der Waals surface area contributed by atoms with E-state index in [1.807, 2.05) is 11.0 Å². The van der Waals surface area contributed by atoms with Crippen LogP contribution in [0.1, 0.15) is 106 Å². The minimum atomic E-state index is -0.756. The molecule has 1 aromatic heterocycles. The Hall–Kier alpha value is -5.55. The highest BCUT2D eigenvalue weighted by Gasteiger charge is 2.36. The molecule has 2 aromatic rings. The fraction of sp³-hybridized carbons (Fsp3) is 0.634. The zero-order valence-electron chi connectivity index (χ0n) is 36.5. The number of benzene rings is 1. The molecule has 2 aliphatic rings. The molecule has 0 saturated carbocycles. The SMILES string of the molecule is CC(C)(C)OC(=O)NC1CC(NC(=O)OC(C)(C)C)CN(c2cc(C(=O)Nc3ccccc3)c(N3CC(NC(=O)OC(C)(C)C)CC(NC(=O)OC(C)(C)C)C3)nn2)C1. The summed E-state index contributed by atoms with van der Waals surface area (Å²) in [6.07, 6.45) is -1.85. The first-order chi connectivity index (χ1) is 27.2. The Bertz CT molecular complexity index is 1720. The second-order valence-electron chi connectivity index (χ2n) is 18.9. The number of nitrogens with one attached hydrogen (secondary N) is 5. The largest absolute Gasteiger partial charge is 0.444 e. The zero-order valence-corrected chi connectivity index (χ0v) is 36.5. The Kier molecular flexibility index (Phi) is 14.5. The molecule has 2 aliphatic heterocycles. The van der Waals surface area contributed by atoms with Crippen molar-refractivity contribution in [2.24, 2.45) is 0 Å². The van der Waals surface area contributed by atoms with Crippen LogP contribution in [0, 0.1) is 0 Å². The molecule has 0 bridgehead atoms. The summed E-state index contributed by atoms with van der Waals surface area (Å²) in [4.78, 5) is 69.7. The molecule has 1 aromatic carbocycles. The van der Waals surface area contributed by atoms with Crippen molar-refractivity contribution in [3.63, 3.8) is 0 Å². The quantitative estimate of drug-likeness (QED) is 0.202. The molecule has 2 saturated heterocycles. The Morgan fingerprint density at radius 1 is 0.542 bits per heavy atom. The maximum atomic E-state index is 14.3. The van der Waals surface area contributed by atoms with Crippen LogP contribution in [-0.4, -0.2) is 113 Å². The molecular weight excluding hydrogens is 763 g/mol. The van der Waals surface area contributed by atoms with Gasteiger partial charge in [-0.1, -0.05) is 18.2 Å². The minimum absolute atomic E-state index is 0.145.